The summed E-state index contributed by atoms with van der Waals surface area (Å²) in [7, 11) is 1.61. The van der Waals surface area contributed by atoms with Gasteiger partial charge >= 0.3 is 5.97 Å². The standard InChI is InChI=1S/C29H25F3N4O4/c1-16-4-3-5-17(10-16)14-36(9-8-33-24-11-18(29(38)39)6-7-21(24)30)28(37)26-20-15-40-25-13-23(32)22(31)12-19(25)27(20)35(2)34-26/h3-7,10-13,33H,8-9,14-15H2,1-2H3,(H,38,39). The number of aryl methyl sites for hydroxylation is 2. The summed E-state index contributed by atoms with van der Waals surface area (Å²) in [5.41, 5.74) is 3.06. The normalized spacial score (nSPS) is 11.8. The molecule has 1 amide bonds. The molecule has 8 nitrogen and oxygen atoms in total. The predicted octanol–water partition coefficient (Wildman–Crippen LogP) is 5.16. The molecular weight excluding hydrogens is 525 g/mol. The van der Waals surface area contributed by atoms with Crippen LogP contribution in [-0.2, 0) is 20.2 Å². The number of hydrogen-bond acceptors (Lipinski definition) is 5. The Morgan fingerprint density at radius 3 is 2.60 bits per heavy atom. The minimum atomic E-state index is -1.19. The number of aromatic nitrogens is 2. The van der Waals surface area contributed by atoms with E-state index in [2.05, 4.69) is 10.4 Å². The van der Waals surface area contributed by atoms with Gasteiger partial charge in [-0.05, 0) is 36.8 Å². The lowest BCUT2D eigenvalue weighted by Crippen LogP contribution is -2.35. The fourth-order valence-corrected chi connectivity index (χ4v) is 4.75. The first-order chi connectivity index (χ1) is 19.1. The highest BCUT2D eigenvalue weighted by atomic mass is 19.2. The van der Waals surface area contributed by atoms with Crippen LogP contribution in [0.4, 0.5) is 18.9 Å². The number of ether oxygens (including phenoxy) is 1. The van der Waals surface area contributed by atoms with Gasteiger partial charge in [-0.15, -0.1) is 0 Å². The number of rotatable bonds is 8. The van der Waals surface area contributed by atoms with Crippen LogP contribution >= 0.6 is 0 Å². The molecule has 1 aliphatic rings. The number of halogens is 3. The van der Waals surface area contributed by atoms with Gasteiger partial charge in [-0.3, -0.25) is 9.48 Å². The molecule has 2 N–H and O–H groups in total. The second-order valence-corrected chi connectivity index (χ2v) is 9.49. The first kappa shape index (κ1) is 26.8. The van der Waals surface area contributed by atoms with Gasteiger partial charge in [0.15, 0.2) is 17.3 Å². The molecule has 0 saturated heterocycles. The summed E-state index contributed by atoms with van der Waals surface area (Å²) in [6.45, 7) is 2.30. The number of hydrogen-bond donors (Lipinski definition) is 2. The van der Waals surface area contributed by atoms with E-state index in [1.54, 1.807) is 7.05 Å². The fraction of sp³-hybridized carbons (Fsp3) is 0.207. The van der Waals surface area contributed by atoms with Crippen molar-refractivity contribution in [3.05, 3.63) is 100.0 Å². The molecule has 11 heteroatoms. The van der Waals surface area contributed by atoms with Crippen molar-refractivity contribution in [3.8, 4) is 17.0 Å². The van der Waals surface area contributed by atoms with Crippen LogP contribution in [0.5, 0.6) is 5.75 Å². The Morgan fingerprint density at radius 2 is 1.85 bits per heavy atom. The van der Waals surface area contributed by atoms with E-state index in [9.17, 15) is 27.9 Å². The van der Waals surface area contributed by atoms with Gasteiger partial charge in [-0.2, -0.15) is 5.10 Å². The van der Waals surface area contributed by atoms with Gasteiger partial charge in [0, 0.05) is 43.9 Å². The number of aromatic carboxylic acids is 1. The largest absolute Gasteiger partial charge is 0.488 e. The van der Waals surface area contributed by atoms with Crippen molar-refractivity contribution < 1.29 is 32.6 Å². The van der Waals surface area contributed by atoms with Crippen molar-refractivity contribution in [3.63, 3.8) is 0 Å². The van der Waals surface area contributed by atoms with Crippen molar-refractivity contribution in [2.45, 2.75) is 20.1 Å². The van der Waals surface area contributed by atoms with Crippen molar-refractivity contribution in [2.75, 3.05) is 18.4 Å². The number of carbonyl (C=O) groups is 2. The maximum atomic E-state index is 14.3. The molecule has 206 valence electrons. The molecule has 4 aromatic rings. The second-order valence-electron chi connectivity index (χ2n) is 9.49. The lowest BCUT2D eigenvalue weighted by molar-refractivity contribution is 0.0695. The number of nitrogens with one attached hydrogen (secondary N) is 1. The number of fused-ring (bicyclic) bond motifs is 3. The number of benzene rings is 3. The van der Waals surface area contributed by atoms with E-state index in [-0.39, 0.29) is 54.5 Å². The molecule has 5 rings (SSSR count). The van der Waals surface area contributed by atoms with Crippen LogP contribution in [0, 0.1) is 24.4 Å². The van der Waals surface area contributed by atoms with Crippen LogP contribution in [0.25, 0.3) is 11.3 Å². The molecular formula is C29H25F3N4O4. The predicted molar refractivity (Wildman–Crippen MR) is 141 cm³/mol. The van der Waals surface area contributed by atoms with Gasteiger partial charge in [-0.1, -0.05) is 29.8 Å². The number of carboxylic acids is 1. The Bertz CT molecular complexity index is 1640. The van der Waals surface area contributed by atoms with Crippen molar-refractivity contribution in [2.24, 2.45) is 7.05 Å². The smallest absolute Gasteiger partial charge is 0.335 e. The molecule has 0 atom stereocenters. The SMILES string of the molecule is Cc1cccc(CN(CCNc2cc(C(=O)O)ccc2F)C(=O)c2nn(C)c3c2COc2cc(F)c(F)cc2-3)c1. The molecule has 1 aromatic heterocycles. The van der Waals surface area contributed by atoms with Gasteiger partial charge in [0.1, 0.15) is 18.2 Å². The van der Waals surface area contributed by atoms with E-state index in [1.165, 1.54) is 21.7 Å². The third-order valence-corrected chi connectivity index (χ3v) is 6.65. The molecule has 0 saturated carbocycles. The van der Waals surface area contributed by atoms with Crippen LogP contribution in [0.15, 0.2) is 54.6 Å². The molecule has 0 spiro atoms. The zero-order chi connectivity index (χ0) is 28.6. The highest BCUT2D eigenvalue weighted by Gasteiger charge is 2.31. The third kappa shape index (κ3) is 5.22. The van der Waals surface area contributed by atoms with Gasteiger partial charge < -0.3 is 20.1 Å². The summed E-state index contributed by atoms with van der Waals surface area (Å²) in [4.78, 5) is 26.7. The van der Waals surface area contributed by atoms with Crippen LogP contribution in [0.3, 0.4) is 0 Å². The Morgan fingerprint density at radius 1 is 1.07 bits per heavy atom. The molecule has 0 fully saturated rings. The lowest BCUT2D eigenvalue weighted by atomic mass is 10.0. The molecule has 0 unspecified atom stereocenters. The summed E-state index contributed by atoms with van der Waals surface area (Å²) in [6, 6.07) is 13.0. The summed E-state index contributed by atoms with van der Waals surface area (Å²) < 4.78 is 49.3. The zero-order valence-corrected chi connectivity index (χ0v) is 21.7. The number of amides is 1. The van der Waals surface area contributed by atoms with Gasteiger partial charge in [0.25, 0.3) is 5.91 Å². The molecule has 0 bridgehead atoms. The number of carboxylic acid groups (broad SMARTS) is 1. The minimum absolute atomic E-state index is 0.00247. The second kappa shape index (κ2) is 10.8. The Kier molecular flexibility index (Phi) is 7.20. The maximum absolute atomic E-state index is 14.3. The van der Waals surface area contributed by atoms with Crippen LogP contribution < -0.4 is 10.1 Å². The number of anilines is 1. The van der Waals surface area contributed by atoms with Crippen LogP contribution in [-0.4, -0.2) is 44.8 Å². The quantitative estimate of drug-likeness (QED) is 0.315. The lowest BCUT2D eigenvalue weighted by Gasteiger charge is -2.24. The average molecular weight is 551 g/mol. The molecule has 2 heterocycles. The van der Waals surface area contributed by atoms with Gasteiger partial charge in [0.05, 0.1) is 16.9 Å². The van der Waals surface area contributed by atoms with E-state index in [0.717, 1.165) is 29.3 Å². The topological polar surface area (TPSA) is 96.7 Å². The molecule has 0 radical (unpaired) electrons. The minimum Gasteiger partial charge on any atom is -0.488 e. The first-order valence-corrected chi connectivity index (χ1v) is 12.4. The summed E-state index contributed by atoms with van der Waals surface area (Å²) in [6.07, 6.45) is 0. The summed E-state index contributed by atoms with van der Waals surface area (Å²) in [5.74, 6) is -4.18. The first-order valence-electron chi connectivity index (χ1n) is 12.4. The van der Waals surface area contributed by atoms with E-state index in [0.29, 0.717) is 11.3 Å². The number of nitrogens with zero attached hydrogens (tertiary/aromatic N) is 3. The molecule has 3 aromatic carbocycles. The van der Waals surface area contributed by atoms with E-state index < -0.39 is 29.3 Å². The van der Waals surface area contributed by atoms with Crippen molar-refractivity contribution >= 4 is 17.6 Å². The zero-order valence-electron chi connectivity index (χ0n) is 21.7. The Labute approximate surface area is 227 Å². The molecule has 1 aliphatic heterocycles. The third-order valence-electron chi connectivity index (χ3n) is 6.65. The van der Waals surface area contributed by atoms with E-state index in [1.807, 2.05) is 31.2 Å². The van der Waals surface area contributed by atoms with E-state index >= 15 is 0 Å². The monoisotopic (exact) mass is 550 g/mol. The highest BCUT2D eigenvalue weighted by molar-refractivity contribution is 5.96. The Hall–Kier alpha value is -4.80. The van der Waals surface area contributed by atoms with Gasteiger partial charge in [-0.25, -0.2) is 18.0 Å². The fourth-order valence-electron chi connectivity index (χ4n) is 4.75. The Balaban J connectivity index is 1.44. The average Bonchev–Trinajstić information content (AvgIpc) is 3.26. The maximum Gasteiger partial charge on any atom is 0.335 e. The highest BCUT2D eigenvalue weighted by Crippen LogP contribution is 2.40. The van der Waals surface area contributed by atoms with Gasteiger partial charge in [0.2, 0.25) is 0 Å². The van der Waals surface area contributed by atoms with Crippen molar-refractivity contribution in [1.29, 1.82) is 0 Å². The molecule has 0 aliphatic carbocycles. The van der Waals surface area contributed by atoms with E-state index in [4.69, 9.17) is 4.74 Å². The summed E-state index contributed by atoms with van der Waals surface area (Å²) in [5, 5.41) is 16.5. The molecule has 40 heavy (non-hydrogen) atoms. The van der Waals surface area contributed by atoms with Crippen LogP contribution in [0.1, 0.15) is 37.5 Å². The summed E-state index contributed by atoms with van der Waals surface area (Å²) >= 11 is 0. The number of carbonyl (C=O) groups excluding carboxylic acids is 1. The van der Waals surface area contributed by atoms with Crippen LogP contribution in [0.2, 0.25) is 0 Å². The van der Waals surface area contributed by atoms with Crippen molar-refractivity contribution in [1.82, 2.24) is 14.7 Å².